The van der Waals surface area contributed by atoms with Crippen LogP contribution in [0.4, 0.5) is 5.00 Å². The van der Waals surface area contributed by atoms with Crippen molar-refractivity contribution >= 4 is 28.2 Å². The fourth-order valence-electron chi connectivity index (χ4n) is 3.41. The molecule has 2 unspecified atom stereocenters. The van der Waals surface area contributed by atoms with Gasteiger partial charge in [-0.25, -0.2) is 0 Å². The van der Waals surface area contributed by atoms with E-state index in [1.807, 2.05) is 49.4 Å². The Labute approximate surface area is 172 Å². The van der Waals surface area contributed by atoms with Crippen LogP contribution in [-0.2, 0) is 4.79 Å². The van der Waals surface area contributed by atoms with E-state index in [1.165, 1.54) is 11.3 Å². The minimum absolute atomic E-state index is 0.303. The number of anilines is 1. The number of primary amides is 1. The molecule has 7 heteroatoms. The number of rotatable bonds is 4. The summed E-state index contributed by atoms with van der Waals surface area (Å²) in [6.07, 6.45) is -1.34. The highest BCUT2D eigenvalue weighted by atomic mass is 32.1. The molecule has 2 atom stereocenters. The summed E-state index contributed by atoms with van der Waals surface area (Å²) in [6, 6.07) is 16.7. The predicted molar refractivity (Wildman–Crippen MR) is 113 cm³/mol. The van der Waals surface area contributed by atoms with Gasteiger partial charge in [-0.15, -0.1) is 11.3 Å². The first-order valence-corrected chi connectivity index (χ1v) is 9.99. The van der Waals surface area contributed by atoms with Gasteiger partial charge in [0.25, 0.3) is 11.8 Å². The Morgan fingerprint density at radius 1 is 1.00 bits per heavy atom. The molecule has 0 fully saturated rings. The fourth-order valence-corrected chi connectivity index (χ4v) is 4.49. The van der Waals surface area contributed by atoms with E-state index in [4.69, 9.17) is 15.2 Å². The third-order valence-electron chi connectivity index (χ3n) is 4.73. The molecule has 0 saturated heterocycles. The molecule has 148 valence electrons. The Morgan fingerprint density at radius 3 is 2.28 bits per heavy atom. The molecule has 0 saturated carbocycles. The van der Waals surface area contributed by atoms with E-state index in [0.717, 1.165) is 16.0 Å². The van der Waals surface area contributed by atoms with E-state index in [-0.39, 0.29) is 0 Å². The summed E-state index contributed by atoms with van der Waals surface area (Å²) >= 11 is 1.31. The molecule has 1 aliphatic heterocycles. The van der Waals surface area contributed by atoms with Crippen LogP contribution < -0.4 is 20.5 Å². The third kappa shape index (κ3) is 3.56. The molecular formula is C22H20N2O4S. The van der Waals surface area contributed by atoms with Crippen LogP contribution in [0.2, 0.25) is 0 Å². The van der Waals surface area contributed by atoms with E-state index in [9.17, 15) is 9.59 Å². The molecule has 0 spiro atoms. The van der Waals surface area contributed by atoms with Crippen molar-refractivity contribution in [1.82, 2.24) is 0 Å². The number of nitrogens with one attached hydrogen (secondary N) is 1. The lowest BCUT2D eigenvalue weighted by molar-refractivity contribution is -0.127. The molecule has 2 heterocycles. The lowest BCUT2D eigenvalue weighted by atomic mass is 10.0. The van der Waals surface area contributed by atoms with E-state index < -0.39 is 24.0 Å². The number of hydrogen-bond acceptors (Lipinski definition) is 5. The second kappa shape index (κ2) is 7.60. The van der Waals surface area contributed by atoms with Gasteiger partial charge >= 0.3 is 0 Å². The maximum absolute atomic E-state index is 13.0. The van der Waals surface area contributed by atoms with E-state index in [1.54, 1.807) is 19.1 Å². The molecule has 3 N–H and O–H groups in total. The summed E-state index contributed by atoms with van der Waals surface area (Å²) in [7, 11) is 0. The Balaban J connectivity index is 1.65. The summed E-state index contributed by atoms with van der Waals surface area (Å²) in [5, 5.41) is 3.24. The zero-order valence-electron chi connectivity index (χ0n) is 16.0. The number of thiophene rings is 1. The van der Waals surface area contributed by atoms with Gasteiger partial charge in [0.1, 0.15) is 11.1 Å². The molecule has 2 aromatic carbocycles. The molecule has 0 radical (unpaired) electrons. The number of nitrogens with two attached hydrogens (primary N) is 1. The molecule has 4 rings (SSSR count). The molecule has 3 aromatic rings. The number of amides is 2. The van der Waals surface area contributed by atoms with Crippen LogP contribution in [0.3, 0.4) is 0 Å². The van der Waals surface area contributed by atoms with Crippen molar-refractivity contribution in [3.8, 4) is 22.6 Å². The second-order valence-electron chi connectivity index (χ2n) is 6.77. The number of benzene rings is 2. The van der Waals surface area contributed by atoms with Gasteiger partial charge in [0.2, 0.25) is 6.10 Å². The monoisotopic (exact) mass is 408 g/mol. The average molecular weight is 408 g/mol. The zero-order valence-corrected chi connectivity index (χ0v) is 16.8. The van der Waals surface area contributed by atoms with Gasteiger partial charge in [-0.1, -0.05) is 42.5 Å². The second-order valence-corrected chi connectivity index (χ2v) is 7.99. The summed E-state index contributed by atoms with van der Waals surface area (Å²) in [4.78, 5) is 26.1. The van der Waals surface area contributed by atoms with Crippen LogP contribution in [0.1, 0.15) is 22.2 Å². The van der Waals surface area contributed by atoms with Gasteiger partial charge in [0.05, 0.1) is 5.56 Å². The minimum Gasteiger partial charge on any atom is -0.482 e. The Morgan fingerprint density at radius 2 is 1.62 bits per heavy atom. The number of carbonyl (C=O) groups is 2. The van der Waals surface area contributed by atoms with Crippen LogP contribution in [0.5, 0.6) is 11.5 Å². The number of aryl methyl sites for hydroxylation is 1. The topological polar surface area (TPSA) is 90.7 Å². The quantitative estimate of drug-likeness (QED) is 0.683. The van der Waals surface area contributed by atoms with Crippen LogP contribution in [0.15, 0.2) is 54.6 Å². The predicted octanol–water partition coefficient (Wildman–Crippen LogP) is 3.99. The maximum atomic E-state index is 13.0. The fraction of sp³-hybridized carbons (Fsp3) is 0.182. The zero-order chi connectivity index (χ0) is 20.5. The first kappa shape index (κ1) is 19.0. The molecule has 1 aromatic heterocycles. The van der Waals surface area contributed by atoms with Crippen molar-refractivity contribution in [3.05, 3.63) is 65.0 Å². The highest BCUT2D eigenvalue weighted by Crippen LogP contribution is 2.40. The van der Waals surface area contributed by atoms with Crippen molar-refractivity contribution in [3.63, 3.8) is 0 Å². The molecule has 29 heavy (non-hydrogen) atoms. The molecule has 0 aliphatic carbocycles. The van der Waals surface area contributed by atoms with E-state index in [2.05, 4.69) is 5.32 Å². The van der Waals surface area contributed by atoms with Crippen LogP contribution in [0.25, 0.3) is 11.1 Å². The number of para-hydroxylation sites is 2. The van der Waals surface area contributed by atoms with Gasteiger partial charge in [-0.2, -0.15) is 0 Å². The number of hydrogen-bond donors (Lipinski definition) is 2. The first-order chi connectivity index (χ1) is 14.0. The largest absolute Gasteiger partial charge is 0.482 e. The van der Waals surface area contributed by atoms with Crippen molar-refractivity contribution in [2.75, 3.05) is 5.32 Å². The molecular weight excluding hydrogens is 388 g/mol. The number of fused-ring (bicyclic) bond motifs is 1. The summed E-state index contributed by atoms with van der Waals surface area (Å²) in [5.41, 5.74) is 7.58. The number of carbonyl (C=O) groups excluding carboxylic acids is 2. The van der Waals surface area contributed by atoms with Crippen molar-refractivity contribution in [2.24, 2.45) is 5.73 Å². The molecule has 1 aliphatic rings. The Kier molecular flexibility index (Phi) is 4.98. The summed E-state index contributed by atoms with van der Waals surface area (Å²) in [5.74, 6) is 0.117. The lowest BCUT2D eigenvalue weighted by Crippen LogP contribution is -2.46. The Bertz CT molecular complexity index is 1080. The van der Waals surface area contributed by atoms with Crippen molar-refractivity contribution in [1.29, 1.82) is 0 Å². The summed E-state index contributed by atoms with van der Waals surface area (Å²) in [6.45, 7) is 3.67. The maximum Gasteiger partial charge on any atom is 0.269 e. The van der Waals surface area contributed by atoms with Crippen LogP contribution >= 0.6 is 11.3 Å². The van der Waals surface area contributed by atoms with Gasteiger partial charge in [-0.3, -0.25) is 9.59 Å². The van der Waals surface area contributed by atoms with Crippen molar-refractivity contribution < 1.29 is 19.1 Å². The lowest BCUT2D eigenvalue weighted by Gasteiger charge is -2.30. The average Bonchev–Trinajstić information content (AvgIpc) is 3.03. The van der Waals surface area contributed by atoms with Crippen LogP contribution in [0, 0.1) is 6.92 Å². The van der Waals surface area contributed by atoms with Crippen molar-refractivity contribution in [2.45, 2.75) is 26.1 Å². The minimum atomic E-state index is -0.854. The smallest absolute Gasteiger partial charge is 0.269 e. The van der Waals surface area contributed by atoms with E-state index >= 15 is 0 Å². The normalized spacial score (nSPS) is 17.6. The highest BCUT2D eigenvalue weighted by molar-refractivity contribution is 7.17. The van der Waals surface area contributed by atoms with Gasteiger partial charge in [-0.05, 0) is 31.5 Å². The SMILES string of the molecule is Cc1sc(NC(=O)C2Oc3ccccc3OC2C)c(C(N)=O)c1-c1ccccc1. The number of ether oxygens (including phenoxy) is 2. The summed E-state index contributed by atoms with van der Waals surface area (Å²) < 4.78 is 11.7. The molecule has 0 bridgehead atoms. The Hall–Kier alpha value is -3.32. The molecule has 6 nitrogen and oxygen atoms in total. The van der Waals surface area contributed by atoms with Gasteiger partial charge in [0, 0.05) is 10.4 Å². The van der Waals surface area contributed by atoms with Gasteiger partial charge < -0.3 is 20.5 Å². The highest BCUT2D eigenvalue weighted by Gasteiger charge is 2.35. The third-order valence-corrected chi connectivity index (χ3v) is 5.75. The first-order valence-electron chi connectivity index (χ1n) is 9.17. The standard InChI is InChI=1S/C22H20N2O4S/c1-12-19(28-16-11-7-6-10-15(16)27-12)21(26)24-22-18(20(23)25)17(13(2)29-22)14-8-4-3-5-9-14/h3-12,19H,1-2H3,(H2,23,25)(H,24,26). The van der Waals surface area contributed by atoms with Crippen LogP contribution in [-0.4, -0.2) is 24.0 Å². The van der Waals surface area contributed by atoms with Gasteiger partial charge in [0.15, 0.2) is 11.5 Å². The van der Waals surface area contributed by atoms with E-state index in [0.29, 0.717) is 22.1 Å². The molecule has 2 amide bonds.